The van der Waals surface area contributed by atoms with Gasteiger partial charge in [-0.15, -0.1) is 5.10 Å². The third-order valence-corrected chi connectivity index (χ3v) is 5.77. The lowest BCUT2D eigenvalue weighted by atomic mass is 9.91. The Labute approximate surface area is 168 Å². The molecule has 1 aromatic heterocycles. The summed E-state index contributed by atoms with van der Waals surface area (Å²) in [5.74, 6) is -0.148. The average Bonchev–Trinajstić information content (AvgIpc) is 3.36. The standard InChI is InChI=1S/C20H24ClN5O2/c21-17-4-2-1-3-13(17)11-19(27)22-14-7-9-16(10-8-14)26-12-18(24-25-26)20(28)23-15-5-6-15/h1-4,12,14-16H,5-11H2,(H,22,27)(H,23,28). The Morgan fingerprint density at radius 3 is 2.43 bits per heavy atom. The zero-order chi connectivity index (χ0) is 19.5. The van der Waals surface area contributed by atoms with Crippen molar-refractivity contribution >= 4 is 23.4 Å². The minimum Gasteiger partial charge on any atom is -0.353 e. The van der Waals surface area contributed by atoms with E-state index in [0.29, 0.717) is 23.2 Å². The van der Waals surface area contributed by atoms with Crippen LogP contribution >= 0.6 is 11.6 Å². The van der Waals surface area contributed by atoms with Crippen LogP contribution in [0.3, 0.4) is 0 Å². The second-order valence-electron chi connectivity index (χ2n) is 7.67. The lowest BCUT2D eigenvalue weighted by molar-refractivity contribution is -0.121. The van der Waals surface area contributed by atoms with E-state index < -0.39 is 0 Å². The number of aromatic nitrogens is 3. The van der Waals surface area contributed by atoms with Crippen molar-refractivity contribution in [2.45, 2.75) is 63.1 Å². The van der Waals surface area contributed by atoms with Crippen molar-refractivity contribution in [3.05, 3.63) is 46.7 Å². The Balaban J connectivity index is 1.25. The molecule has 2 aromatic rings. The molecule has 0 unspecified atom stereocenters. The van der Waals surface area contributed by atoms with E-state index in [1.54, 1.807) is 16.9 Å². The van der Waals surface area contributed by atoms with Gasteiger partial charge in [-0.25, -0.2) is 4.68 Å². The molecule has 0 bridgehead atoms. The first-order valence-corrected chi connectivity index (χ1v) is 10.2. The molecule has 0 atom stereocenters. The fraction of sp³-hybridized carbons (Fsp3) is 0.500. The monoisotopic (exact) mass is 401 g/mol. The summed E-state index contributed by atoms with van der Waals surface area (Å²) >= 11 is 6.13. The highest BCUT2D eigenvalue weighted by molar-refractivity contribution is 6.31. The van der Waals surface area contributed by atoms with Gasteiger partial charge in [0.15, 0.2) is 5.69 Å². The van der Waals surface area contributed by atoms with Crippen molar-refractivity contribution in [1.82, 2.24) is 25.6 Å². The summed E-state index contributed by atoms with van der Waals surface area (Å²) in [5, 5.41) is 14.8. The van der Waals surface area contributed by atoms with Gasteiger partial charge in [0.25, 0.3) is 5.91 Å². The molecule has 2 aliphatic carbocycles. The van der Waals surface area contributed by atoms with E-state index in [1.807, 2.05) is 18.2 Å². The van der Waals surface area contributed by atoms with Gasteiger partial charge in [-0.1, -0.05) is 35.0 Å². The maximum Gasteiger partial charge on any atom is 0.273 e. The van der Waals surface area contributed by atoms with Gasteiger partial charge in [0.2, 0.25) is 5.91 Å². The van der Waals surface area contributed by atoms with Crippen molar-refractivity contribution in [2.24, 2.45) is 0 Å². The first-order chi connectivity index (χ1) is 13.6. The number of carbonyl (C=O) groups excluding carboxylic acids is 2. The number of hydrogen-bond donors (Lipinski definition) is 2. The number of nitrogens with zero attached hydrogens (tertiary/aromatic N) is 3. The lowest BCUT2D eigenvalue weighted by Gasteiger charge is -2.29. The average molecular weight is 402 g/mol. The fourth-order valence-electron chi connectivity index (χ4n) is 3.62. The number of nitrogens with one attached hydrogen (secondary N) is 2. The maximum atomic E-state index is 12.3. The molecule has 1 aromatic carbocycles. The predicted molar refractivity (Wildman–Crippen MR) is 105 cm³/mol. The van der Waals surface area contributed by atoms with Gasteiger partial charge in [0, 0.05) is 17.1 Å². The number of amides is 2. The van der Waals surface area contributed by atoms with E-state index >= 15 is 0 Å². The fourth-order valence-corrected chi connectivity index (χ4v) is 3.83. The molecule has 7 nitrogen and oxygen atoms in total. The number of halogens is 1. The molecule has 2 amide bonds. The first-order valence-electron chi connectivity index (χ1n) is 9.84. The molecule has 148 valence electrons. The number of hydrogen-bond acceptors (Lipinski definition) is 4. The van der Waals surface area contributed by atoms with Crippen molar-refractivity contribution in [3.63, 3.8) is 0 Å². The topological polar surface area (TPSA) is 88.9 Å². The van der Waals surface area contributed by atoms with E-state index in [2.05, 4.69) is 20.9 Å². The van der Waals surface area contributed by atoms with Gasteiger partial charge in [0.05, 0.1) is 18.7 Å². The summed E-state index contributed by atoms with van der Waals surface area (Å²) in [5.41, 5.74) is 1.22. The molecular formula is C20H24ClN5O2. The summed E-state index contributed by atoms with van der Waals surface area (Å²) in [4.78, 5) is 24.4. The highest BCUT2D eigenvalue weighted by Crippen LogP contribution is 2.28. The largest absolute Gasteiger partial charge is 0.353 e. The summed E-state index contributed by atoms with van der Waals surface area (Å²) in [7, 11) is 0. The quantitative estimate of drug-likeness (QED) is 0.778. The summed E-state index contributed by atoms with van der Waals surface area (Å²) < 4.78 is 1.80. The Hall–Kier alpha value is -2.41. The van der Waals surface area contributed by atoms with E-state index in [0.717, 1.165) is 44.1 Å². The third-order valence-electron chi connectivity index (χ3n) is 5.40. The van der Waals surface area contributed by atoms with E-state index in [1.165, 1.54) is 0 Å². The van der Waals surface area contributed by atoms with Gasteiger partial charge < -0.3 is 10.6 Å². The minimum atomic E-state index is -0.144. The summed E-state index contributed by atoms with van der Waals surface area (Å²) in [6.45, 7) is 0. The van der Waals surface area contributed by atoms with Crippen LogP contribution in [-0.4, -0.2) is 38.9 Å². The predicted octanol–water partition coefficient (Wildman–Crippen LogP) is 2.67. The smallest absolute Gasteiger partial charge is 0.273 e. The Morgan fingerprint density at radius 1 is 1.04 bits per heavy atom. The number of benzene rings is 1. The summed E-state index contributed by atoms with van der Waals surface area (Å²) in [6, 6.07) is 8.10. The third kappa shape index (κ3) is 4.70. The molecule has 0 aliphatic heterocycles. The molecule has 0 radical (unpaired) electrons. The van der Waals surface area contributed by atoms with Crippen molar-refractivity contribution in [2.75, 3.05) is 0 Å². The minimum absolute atomic E-state index is 0.00339. The molecule has 2 saturated carbocycles. The van der Waals surface area contributed by atoms with Crippen molar-refractivity contribution in [1.29, 1.82) is 0 Å². The molecule has 0 spiro atoms. The van der Waals surface area contributed by atoms with Gasteiger partial charge in [-0.05, 0) is 50.2 Å². The molecule has 1 heterocycles. The number of rotatable bonds is 6. The normalized spacial score (nSPS) is 21.9. The lowest BCUT2D eigenvalue weighted by Crippen LogP contribution is -2.38. The Morgan fingerprint density at radius 2 is 1.71 bits per heavy atom. The van der Waals surface area contributed by atoms with Crippen LogP contribution in [0.5, 0.6) is 0 Å². The van der Waals surface area contributed by atoms with E-state index in [4.69, 9.17) is 11.6 Å². The second-order valence-corrected chi connectivity index (χ2v) is 8.08. The molecule has 2 aliphatic rings. The van der Waals surface area contributed by atoms with Crippen LogP contribution in [-0.2, 0) is 11.2 Å². The van der Waals surface area contributed by atoms with Crippen LogP contribution in [0, 0.1) is 0 Å². The highest BCUT2D eigenvalue weighted by Gasteiger charge is 2.27. The maximum absolute atomic E-state index is 12.3. The molecule has 8 heteroatoms. The van der Waals surface area contributed by atoms with E-state index in [-0.39, 0.29) is 23.9 Å². The van der Waals surface area contributed by atoms with E-state index in [9.17, 15) is 9.59 Å². The summed E-state index contributed by atoms with van der Waals surface area (Å²) in [6.07, 6.45) is 7.66. The van der Waals surface area contributed by atoms with Crippen LogP contribution in [0.4, 0.5) is 0 Å². The van der Waals surface area contributed by atoms with Crippen molar-refractivity contribution < 1.29 is 9.59 Å². The zero-order valence-electron chi connectivity index (χ0n) is 15.6. The Bertz CT molecular complexity index is 856. The van der Waals surface area contributed by atoms with Gasteiger partial charge in [-0.2, -0.15) is 0 Å². The molecule has 2 N–H and O–H groups in total. The van der Waals surface area contributed by atoms with Crippen LogP contribution in [0.1, 0.15) is 60.6 Å². The highest BCUT2D eigenvalue weighted by atomic mass is 35.5. The Kier molecular flexibility index (Phi) is 5.62. The second kappa shape index (κ2) is 8.31. The molecule has 4 rings (SSSR count). The molecular weight excluding hydrogens is 378 g/mol. The van der Waals surface area contributed by atoms with Gasteiger partial charge in [0.1, 0.15) is 0 Å². The van der Waals surface area contributed by atoms with Crippen LogP contribution in [0.15, 0.2) is 30.5 Å². The SMILES string of the molecule is O=C(Cc1ccccc1Cl)NC1CCC(n2cc(C(=O)NC3CC3)nn2)CC1. The van der Waals surface area contributed by atoms with Crippen LogP contribution < -0.4 is 10.6 Å². The van der Waals surface area contributed by atoms with Crippen LogP contribution in [0.2, 0.25) is 5.02 Å². The molecule has 0 saturated heterocycles. The van der Waals surface area contributed by atoms with Gasteiger partial charge in [-0.3, -0.25) is 9.59 Å². The molecule has 28 heavy (non-hydrogen) atoms. The molecule has 2 fully saturated rings. The zero-order valence-corrected chi connectivity index (χ0v) is 16.4. The number of carbonyl (C=O) groups is 2. The first kappa shape index (κ1) is 18.9. The van der Waals surface area contributed by atoms with Crippen molar-refractivity contribution in [3.8, 4) is 0 Å². The van der Waals surface area contributed by atoms with Crippen LogP contribution in [0.25, 0.3) is 0 Å². The van der Waals surface area contributed by atoms with Gasteiger partial charge >= 0.3 is 0 Å².